The van der Waals surface area contributed by atoms with E-state index in [0.29, 0.717) is 12.1 Å². The number of halogens is 2. The molecule has 6 rings (SSSR count). The Morgan fingerprint density at radius 2 is 1.53 bits per heavy atom. The van der Waals surface area contributed by atoms with E-state index in [4.69, 9.17) is 5.10 Å². The van der Waals surface area contributed by atoms with Crippen LogP contribution >= 0.6 is 31.9 Å². The highest BCUT2D eigenvalue weighted by Crippen LogP contribution is 2.35. The predicted octanol–water partition coefficient (Wildman–Crippen LogP) is 4.88. The molecule has 38 heavy (non-hydrogen) atoms. The van der Waals surface area contributed by atoms with Gasteiger partial charge in [0, 0.05) is 15.4 Å². The van der Waals surface area contributed by atoms with Crippen LogP contribution in [0.15, 0.2) is 103 Å². The van der Waals surface area contributed by atoms with Crippen molar-refractivity contribution in [3.63, 3.8) is 0 Å². The Hall–Kier alpha value is -3.70. The van der Waals surface area contributed by atoms with Gasteiger partial charge in [-0.2, -0.15) is 10.2 Å². The van der Waals surface area contributed by atoms with E-state index in [9.17, 15) is 14.4 Å². The first-order valence-electron chi connectivity index (χ1n) is 11.9. The van der Waals surface area contributed by atoms with Crippen LogP contribution in [0.1, 0.15) is 23.6 Å². The third-order valence-electron chi connectivity index (χ3n) is 6.77. The first-order valence-corrected chi connectivity index (χ1v) is 13.5. The zero-order valence-corrected chi connectivity index (χ0v) is 23.0. The van der Waals surface area contributed by atoms with E-state index in [1.807, 2.05) is 54.6 Å². The molecule has 3 aromatic carbocycles. The summed E-state index contributed by atoms with van der Waals surface area (Å²) >= 11 is 6.81. The molecule has 11 heteroatoms. The predicted molar refractivity (Wildman–Crippen MR) is 147 cm³/mol. The van der Waals surface area contributed by atoms with E-state index in [1.165, 1.54) is 10.0 Å². The first kappa shape index (κ1) is 24.6. The number of fused-ring (bicyclic) bond motifs is 1. The van der Waals surface area contributed by atoms with Crippen molar-refractivity contribution >= 4 is 61.0 Å². The SMILES string of the molecule is O=C1[C@@H]2[C@@H](N=NN2CC(=O)N2N=C(c3ccc(Br)cc3)C[C@@H]2c2ccccc2)C(=O)N1c1ccc(Br)cc1. The fourth-order valence-electron chi connectivity index (χ4n) is 4.90. The van der Waals surface area contributed by atoms with E-state index >= 15 is 0 Å². The third kappa shape index (κ3) is 4.35. The average molecular weight is 636 g/mol. The molecule has 0 radical (unpaired) electrons. The highest BCUT2D eigenvalue weighted by molar-refractivity contribution is 9.10. The van der Waals surface area contributed by atoms with Gasteiger partial charge in [0.15, 0.2) is 12.1 Å². The van der Waals surface area contributed by atoms with Crippen LogP contribution in [0.25, 0.3) is 0 Å². The molecule has 0 bridgehead atoms. The Balaban J connectivity index is 1.25. The summed E-state index contributed by atoms with van der Waals surface area (Å²) in [6, 6.07) is 22.1. The summed E-state index contributed by atoms with van der Waals surface area (Å²) in [6.07, 6.45) is 0.541. The zero-order valence-electron chi connectivity index (χ0n) is 19.8. The molecule has 3 heterocycles. The van der Waals surface area contributed by atoms with Crippen molar-refractivity contribution in [3.05, 3.63) is 98.9 Å². The molecule has 0 N–H and O–H groups in total. The van der Waals surface area contributed by atoms with E-state index in [1.54, 1.807) is 24.3 Å². The molecular weight excluding hydrogens is 616 g/mol. The first-order chi connectivity index (χ1) is 18.4. The number of hydrazone groups is 1. The number of anilines is 1. The Morgan fingerprint density at radius 1 is 0.868 bits per heavy atom. The van der Waals surface area contributed by atoms with Crippen LogP contribution in [-0.4, -0.2) is 52.1 Å². The zero-order chi connectivity index (χ0) is 26.4. The van der Waals surface area contributed by atoms with Gasteiger partial charge in [-0.05, 0) is 47.5 Å². The summed E-state index contributed by atoms with van der Waals surface area (Å²) in [4.78, 5) is 41.1. The number of carbonyl (C=O) groups is 3. The molecule has 0 spiro atoms. The number of amides is 3. The van der Waals surface area contributed by atoms with Crippen LogP contribution in [0, 0.1) is 0 Å². The molecule has 0 unspecified atom stereocenters. The van der Waals surface area contributed by atoms with Crippen LogP contribution in [-0.2, 0) is 14.4 Å². The minimum absolute atomic E-state index is 0.238. The summed E-state index contributed by atoms with van der Waals surface area (Å²) in [7, 11) is 0. The highest BCUT2D eigenvalue weighted by Gasteiger charge is 2.55. The quantitative estimate of drug-likeness (QED) is 0.373. The molecular formula is C27H20Br2N6O3. The number of hydrogen-bond donors (Lipinski definition) is 0. The minimum Gasteiger partial charge on any atom is -0.271 e. The lowest BCUT2D eigenvalue weighted by molar-refractivity contribution is -0.135. The fraction of sp³-hybridized carbons (Fsp3) is 0.185. The normalized spacial score (nSPS) is 22.3. The second-order valence-corrected chi connectivity index (χ2v) is 10.9. The maximum atomic E-state index is 13.6. The van der Waals surface area contributed by atoms with E-state index in [0.717, 1.165) is 30.7 Å². The Bertz CT molecular complexity index is 1480. The van der Waals surface area contributed by atoms with E-state index < -0.39 is 23.9 Å². The van der Waals surface area contributed by atoms with Crippen LogP contribution < -0.4 is 4.90 Å². The molecule has 9 nitrogen and oxygen atoms in total. The number of hydrogen-bond acceptors (Lipinski definition) is 7. The van der Waals surface area contributed by atoms with Gasteiger partial charge in [0.2, 0.25) is 0 Å². The summed E-state index contributed by atoms with van der Waals surface area (Å²) < 4.78 is 1.78. The molecule has 3 aromatic rings. The average Bonchev–Trinajstić information content (AvgIpc) is 3.61. The molecule has 0 saturated carbocycles. The van der Waals surface area contributed by atoms with Crippen molar-refractivity contribution < 1.29 is 14.4 Å². The number of carbonyl (C=O) groups excluding carboxylic acids is 3. The monoisotopic (exact) mass is 634 g/mol. The summed E-state index contributed by atoms with van der Waals surface area (Å²) in [5.41, 5.74) is 3.11. The van der Waals surface area contributed by atoms with Gasteiger partial charge in [0.05, 0.1) is 17.4 Å². The van der Waals surface area contributed by atoms with Crippen LogP contribution in [0.3, 0.4) is 0 Å². The molecule has 190 valence electrons. The summed E-state index contributed by atoms with van der Waals surface area (Å²) in [5, 5.41) is 15.6. The lowest BCUT2D eigenvalue weighted by Crippen LogP contribution is -2.44. The van der Waals surface area contributed by atoms with Crippen LogP contribution in [0.5, 0.6) is 0 Å². The minimum atomic E-state index is -0.982. The van der Waals surface area contributed by atoms with Gasteiger partial charge in [0.1, 0.15) is 6.54 Å². The van der Waals surface area contributed by atoms with Crippen LogP contribution in [0.2, 0.25) is 0 Å². The van der Waals surface area contributed by atoms with Gasteiger partial charge in [-0.3, -0.25) is 19.4 Å². The van der Waals surface area contributed by atoms with E-state index in [2.05, 4.69) is 42.2 Å². The Kier molecular flexibility index (Phi) is 6.40. The van der Waals surface area contributed by atoms with Crippen molar-refractivity contribution in [2.75, 3.05) is 11.4 Å². The maximum Gasteiger partial charge on any atom is 0.264 e. The van der Waals surface area contributed by atoms with E-state index in [-0.39, 0.29) is 18.5 Å². The van der Waals surface area contributed by atoms with Gasteiger partial charge in [-0.25, -0.2) is 9.91 Å². The topological polar surface area (TPSA) is 98.0 Å². The van der Waals surface area contributed by atoms with Crippen molar-refractivity contribution in [3.8, 4) is 0 Å². The van der Waals surface area contributed by atoms with Crippen molar-refractivity contribution in [2.45, 2.75) is 24.5 Å². The molecule has 1 saturated heterocycles. The molecule has 0 aliphatic carbocycles. The van der Waals surface area contributed by atoms with Gasteiger partial charge >= 0.3 is 0 Å². The molecule has 0 aromatic heterocycles. The molecule has 3 aliphatic heterocycles. The summed E-state index contributed by atoms with van der Waals surface area (Å²) in [5.74, 6) is -1.26. The molecule has 3 aliphatic rings. The standard InChI is InChI=1S/C27H20Br2N6O3/c28-18-8-6-16(7-9-18)21-14-22(17-4-2-1-3-5-17)35(31-21)23(36)15-33-25-24(30-32-33)26(37)34(27(25)38)20-12-10-19(29)11-13-20/h1-13,22,24-25H,14-15H2/t22-,24-,25+/m1/s1. The lowest BCUT2D eigenvalue weighted by atomic mass is 9.98. The van der Waals surface area contributed by atoms with Crippen LogP contribution in [0.4, 0.5) is 5.69 Å². The third-order valence-corrected chi connectivity index (χ3v) is 7.83. The molecule has 1 fully saturated rings. The van der Waals surface area contributed by atoms with Gasteiger partial charge in [0.25, 0.3) is 17.7 Å². The number of rotatable bonds is 5. The van der Waals surface area contributed by atoms with Crippen molar-refractivity contribution in [1.29, 1.82) is 0 Å². The Morgan fingerprint density at radius 3 is 2.21 bits per heavy atom. The number of benzene rings is 3. The molecule has 3 amide bonds. The highest BCUT2D eigenvalue weighted by atomic mass is 79.9. The largest absolute Gasteiger partial charge is 0.271 e. The number of imide groups is 1. The number of nitrogens with zero attached hydrogens (tertiary/aromatic N) is 6. The lowest BCUT2D eigenvalue weighted by Gasteiger charge is -2.25. The van der Waals surface area contributed by atoms with Crippen molar-refractivity contribution in [1.82, 2.24) is 10.0 Å². The molecule has 3 atom stereocenters. The van der Waals surface area contributed by atoms with Gasteiger partial charge < -0.3 is 0 Å². The second kappa shape index (κ2) is 9.88. The fourth-order valence-corrected chi connectivity index (χ4v) is 5.43. The van der Waals surface area contributed by atoms with Gasteiger partial charge in [-0.15, -0.1) is 0 Å². The second-order valence-electron chi connectivity index (χ2n) is 9.10. The Labute approximate surface area is 235 Å². The summed E-state index contributed by atoms with van der Waals surface area (Å²) in [6.45, 7) is -0.238. The smallest absolute Gasteiger partial charge is 0.264 e. The van der Waals surface area contributed by atoms with Gasteiger partial charge in [-0.1, -0.05) is 79.5 Å². The maximum absolute atomic E-state index is 13.6. The van der Waals surface area contributed by atoms with Crippen molar-refractivity contribution in [2.24, 2.45) is 15.4 Å².